The summed E-state index contributed by atoms with van der Waals surface area (Å²) in [6, 6.07) is 8.80. The minimum Gasteiger partial charge on any atom is -0.475 e. The van der Waals surface area contributed by atoms with Gasteiger partial charge in [-0.1, -0.05) is 24.1 Å². The van der Waals surface area contributed by atoms with Crippen molar-refractivity contribution in [1.82, 2.24) is 29.3 Å². The fourth-order valence-electron chi connectivity index (χ4n) is 3.94. The molecule has 12 nitrogen and oxygen atoms in total. The number of aliphatic carboxylic acids is 1. The lowest BCUT2D eigenvalue weighted by molar-refractivity contribution is -0.192. The van der Waals surface area contributed by atoms with E-state index in [-0.39, 0.29) is 19.0 Å². The number of nitrogens with zero attached hydrogens (tertiary/aromatic N) is 5. The summed E-state index contributed by atoms with van der Waals surface area (Å²) in [5.41, 5.74) is 0.280. The molecule has 0 saturated carbocycles. The Morgan fingerprint density at radius 1 is 1.12 bits per heavy atom. The lowest BCUT2D eigenvalue weighted by Gasteiger charge is -2.28. The van der Waals surface area contributed by atoms with E-state index in [9.17, 15) is 27.6 Å². The number of hydrogen-bond acceptors (Lipinski definition) is 7. The van der Waals surface area contributed by atoms with Gasteiger partial charge in [0.15, 0.2) is 11.2 Å². The van der Waals surface area contributed by atoms with Crippen molar-refractivity contribution < 1.29 is 27.9 Å². The minimum atomic E-state index is -5.08. The van der Waals surface area contributed by atoms with Crippen LogP contribution in [0.5, 0.6) is 0 Å². The largest absolute Gasteiger partial charge is 0.490 e. The van der Waals surface area contributed by atoms with Crippen LogP contribution in [0.25, 0.3) is 11.2 Å². The number of carbonyl (C=O) groups is 2. The predicted molar refractivity (Wildman–Crippen MR) is 140 cm³/mol. The third-order valence-corrected chi connectivity index (χ3v) is 5.93. The highest BCUT2D eigenvalue weighted by atomic mass is 19.4. The number of aryl methyl sites for hydroxylation is 1. The molecular weight excluding hydrogens is 535 g/mol. The van der Waals surface area contributed by atoms with Gasteiger partial charge in [-0.2, -0.15) is 18.2 Å². The van der Waals surface area contributed by atoms with E-state index in [4.69, 9.17) is 9.90 Å². The Balaban J connectivity index is 0.000000559. The number of fused-ring (bicyclic) bond motifs is 1. The maximum Gasteiger partial charge on any atom is 0.490 e. The number of carboxylic acids is 1. The summed E-state index contributed by atoms with van der Waals surface area (Å²) in [4.78, 5) is 54.4. The standard InChI is InChI=1S/C23H27N7O3.C2HF3O2/c1-3-4-13-29-18-19(26-22(29)28-14-10-24-11-15-28)27(2)23(33)30(21(18)32)16-12-25-20(31)17-8-6-5-7-9-17;3-2(4,5)1(6)7/h5-9,24H,10-16H2,1-2H3,(H,25,31);(H,6,7). The molecule has 3 N–H and O–H groups in total. The second kappa shape index (κ2) is 13.0. The molecule has 4 rings (SSSR count). The number of aromatic nitrogens is 4. The number of carboxylic acid groups (broad SMARTS) is 1. The van der Waals surface area contributed by atoms with Gasteiger partial charge < -0.3 is 20.6 Å². The third-order valence-electron chi connectivity index (χ3n) is 5.93. The van der Waals surface area contributed by atoms with Crippen molar-refractivity contribution in [2.45, 2.75) is 26.2 Å². The van der Waals surface area contributed by atoms with Gasteiger partial charge >= 0.3 is 17.8 Å². The molecule has 0 unspecified atom stereocenters. The smallest absolute Gasteiger partial charge is 0.475 e. The fourth-order valence-corrected chi connectivity index (χ4v) is 3.94. The molecule has 1 aromatic carbocycles. The summed E-state index contributed by atoms with van der Waals surface area (Å²) >= 11 is 0. The van der Waals surface area contributed by atoms with Crippen LogP contribution in [-0.2, 0) is 24.9 Å². The van der Waals surface area contributed by atoms with E-state index in [1.807, 2.05) is 6.07 Å². The van der Waals surface area contributed by atoms with Crippen molar-refractivity contribution in [3.63, 3.8) is 0 Å². The Morgan fingerprint density at radius 2 is 1.75 bits per heavy atom. The van der Waals surface area contributed by atoms with Gasteiger partial charge in [0.25, 0.3) is 11.5 Å². The van der Waals surface area contributed by atoms with Gasteiger partial charge in [0.1, 0.15) is 0 Å². The van der Waals surface area contributed by atoms with Gasteiger partial charge in [0, 0.05) is 51.9 Å². The van der Waals surface area contributed by atoms with Crippen LogP contribution in [0.15, 0.2) is 39.9 Å². The van der Waals surface area contributed by atoms with Gasteiger partial charge in [-0.05, 0) is 19.1 Å². The average molecular weight is 564 g/mol. The fraction of sp³-hybridized carbons (Fsp3) is 0.400. The zero-order valence-corrected chi connectivity index (χ0v) is 21.8. The van der Waals surface area contributed by atoms with E-state index >= 15 is 0 Å². The third kappa shape index (κ3) is 6.89. The number of carbonyl (C=O) groups excluding carboxylic acids is 1. The molecule has 214 valence electrons. The quantitative estimate of drug-likeness (QED) is 0.366. The first-order chi connectivity index (χ1) is 19.0. The van der Waals surface area contributed by atoms with Crippen molar-refractivity contribution >= 4 is 29.0 Å². The molecule has 0 radical (unpaired) electrons. The number of halogens is 3. The number of piperazine rings is 1. The van der Waals surface area contributed by atoms with E-state index in [1.54, 1.807) is 42.8 Å². The van der Waals surface area contributed by atoms with Crippen LogP contribution in [-0.4, -0.2) is 74.6 Å². The molecule has 1 saturated heterocycles. The Labute approximate surface area is 226 Å². The molecule has 0 aliphatic carbocycles. The molecule has 3 heterocycles. The average Bonchev–Trinajstić information content (AvgIpc) is 3.33. The van der Waals surface area contributed by atoms with E-state index < -0.39 is 23.4 Å². The summed E-state index contributed by atoms with van der Waals surface area (Å²) in [7, 11) is 1.60. The Kier molecular flexibility index (Phi) is 9.73. The van der Waals surface area contributed by atoms with Gasteiger partial charge in [-0.25, -0.2) is 9.59 Å². The Morgan fingerprint density at radius 3 is 2.33 bits per heavy atom. The van der Waals surface area contributed by atoms with Crippen LogP contribution in [0.2, 0.25) is 0 Å². The topological polar surface area (TPSA) is 143 Å². The van der Waals surface area contributed by atoms with Gasteiger partial charge in [-0.15, -0.1) is 5.92 Å². The number of anilines is 1. The maximum absolute atomic E-state index is 13.4. The summed E-state index contributed by atoms with van der Waals surface area (Å²) in [6.07, 6.45) is -5.08. The van der Waals surface area contributed by atoms with Crippen molar-refractivity contribution in [2.75, 3.05) is 37.6 Å². The summed E-state index contributed by atoms with van der Waals surface area (Å²) in [5.74, 6) is 3.51. The number of benzene rings is 1. The molecule has 3 aromatic rings. The van der Waals surface area contributed by atoms with Crippen molar-refractivity contribution in [3.8, 4) is 11.8 Å². The zero-order valence-electron chi connectivity index (χ0n) is 21.8. The van der Waals surface area contributed by atoms with Crippen LogP contribution < -0.4 is 26.8 Å². The van der Waals surface area contributed by atoms with Crippen LogP contribution in [0, 0.1) is 11.8 Å². The zero-order chi connectivity index (χ0) is 29.4. The van der Waals surface area contributed by atoms with E-state index in [0.717, 1.165) is 30.7 Å². The molecule has 0 atom stereocenters. The normalized spacial score (nSPS) is 13.2. The highest BCUT2D eigenvalue weighted by Gasteiger charge is 2.38. The number of rotatable bonds is 6. The van der Waals surface area contributed by atoms with Crippen LogP contribution >= 0.6 is 0 Å². The molecule has 1 amide bonds. The molecule has 0 spiro atoms. The lowest BCUT2D eigenvalue weighted by atomic mass is 10.2. The second-order valence-corrected chi connectivity index (χ2v) is 8.56. The first-order valence-electron chi connectivity index (χ1n) is 12.2. The van der Waals surface area contributed by atoms with Gasteiger partial charge in [0.2, 0.25) is 5.95 Å². The predicted octanol–water partition coefficient (Wildman–Crippen LogP) is 0.393. The number of imidazole rings is 1. The highest BCUT2D eigenvalue weighted by Crippen LogP contribution is 2.20. The minimum absolute atomic E-state index is 0.0492. The first kappa shape index (κ1) is 30.0. The van der Waals surface area contributed by atoms with Gasteiger partial charge in [-0.3, -0.25) is 23.3 Å². The number of nitrogens with one attached hydrogen (secondary N) is 2. The van der Waals surface area contributed by atoms with E-state index in [0.29, 0.717) is 29.2 Å². The summed E-state index contributed by atoms with van der Waals surface area (Å²) in [6.45, 7) is 5.35. The number of amides is 1. The molecule has 40 heavy (non-hydrogen) atoms. The van der Waals surface area contributed by atoms with E-state index in [1.165, 1.54) is 4.57 Å². The Hall–Kier alpha value is -4.58. The first-order valence-corrected chi connectivity index (χ1v) is 12.2. The number of alkyl halides is 3. The van der Waals surface area contributed by atoms with Gasteiger partial charge in [0.05, 0.1) is 6.54 Å². The molecule has 1 aliphatic heterocycles. The molecule has 0 bridgehead atoms. The molecular formula is C25H28F3N7O5. The van der Waals surface area contributed by atoms with Crippen LogP contribution in [0.4, 0.5) is 19.1 Å². The van der Waals surface area contributed by atoms with Crippen molar-refractivity contribution in [1.29, 1.82) is 0 Å². The second-order valence-electron chi connectivity index (χ2n) is 8.56. The van der Waals surface area contributed by atoms with Crippen molar-refractivity contribution in [2.24, 2.45) is 7.05 Å². The van der Waals surface area contributed by atoms with Crippen LogP contribution in [0.3, 0.4) is 0 Å². The summed E-state index contributed by atoms with van der Waals surface area (Å²) < 4.78 is 36.1. The molecule has 2 aromatic heterocycles. The van der Waals surface area contributed by atoms with E-state index in [2.05, 4.69) is 32.4 Å². The molecule has 15 heteroatoms. The molecule has 1 fully saturated rings. The number of hydrogen-bond donors (Lipinski definition) is 3. The Bertz CT molecular complexity index is 1540. The summed E-state index contributed by atoms with van der Waals surface area (Å²) in [5, 5.41) is 13.2. The highest BCUT2D eigenvalue weighted by molar-refractivity contribution is 5.94. The monoisotopic (exact) mass is 563 g/mol. The van der Waals surface area contributed by atoms with Crippen LogP contribution in [0.1, 0.15) is 17.3 Å². The maximum atomic E-state index is 13.4. The van der Waals surface area contributed by atoms with Crippen molar-refractivity contribution in [3.05, 3.63) is 56.7 Å². The lowest BCUT2D eigenvalue weighted by Crippen LogP contribution is -2.44. The molecule has 1 aliphatic rings. The SMILES string of the molecule is CC#CCn1c(N2CCNCC2)nc2c1c(=O)n(CCNC(=O)c1ccccc1)c(=O)n2C.O=C(O)C(F)(F)F.